The van der Waals surface area contributed by atoms with Crippen LogP contribution in [0.5, 0.6) is 0 Å². The molecule has 0 saturated carbocycles. The van der Waals surface area contributed by atoms with Crippen molar-refractivity contribution in [2.45, 2.75) is 27.7 Å². The molecule has 0 saturated heterocycles. The van der Waals surface area contributed by atoms with Crippen LogP contribution in [0.25, 0.3) is 0 Å². The minimum Gasteiger partial charge on any atom is -0.481 e. The molecule has 0 aromatic heterocycles. The van der Waals surface area contributed by atoms with Crippen molar-refractivity contribution in [2.75, 3.05) is 11.5 Å². The van der Waals surface area contributed by atoms with Gasteiger partial charge < -0.3 is 31.9 Å². The maximum absolute atomic E-state index is 9.00. The van der Waals surface area contributed by atoms with Crippen LogP contribution in [0.2, 0.25) is 0 Å². The van der Waals surface area contributed by atoms with E-state index >= 15 is 0 Å². The van der Waals surface area contributed by atoms with Gasteiger partial charge >= 0.3 is 0 Å². The van der Waals surface area contributed by atoms with Gasteiger partial charge in [0.1, 0.15) is 0 Å². The third kappa shape index (κ3) is 131. The molecule has 0 amide bonds. The summed E-state index contributed by atoms with van der Waals surface area (Å²) >= 11 is 0. The summed E-state index contributed by atoms with van der Waals surface area (Å²) in [6.07, 6.45) is 0. The van der Waals surface area contributed by atoms with Crippen molar-refractivity contribution >= 4 is 35.3 Å². The van der Waals surface area contributed by atoms with Gasteiger partial charge in [-0.05, 0) is 18.2 Å². The second-order valence-corrected chi connectivity index (χ2v) is 3.75. The third-order valence-corrected chi connectivity index (χ3v) is 0.911. The molecule has 0 fully saturated rings. The van der Waals surface area contributed by atoms with Crippen LogP contribution in [0, 0.1) is 0 Å². The zero-order valence-electron chi connectivity index (χ0n) is 13.9. The number of benzene rings is 1. The van der Waals surface area contributed by atoms with Gasteiger partial charge in [0.25, 0.3) is 23.9 Å². The van der Waals surface area contributed by atoms with E-state index in [9.17, 15) is 0 Å². The fourth-order valence-corrected chi connectivity index (χ4v) is 0.559. The minimum atomic E-state index is -0.833. The van der Waals surface area contributed by atoms with E-state index in [0.29, 0.717) is 11.4 Å². The molecule has 24 heavy (non-hydrogen) atoms. The molecule has 8 N–H and O–H groups in total. The predicted molar refractivity (Wildman–Crippen MR) is 88.5 cm³/mol. The van der Waals surface area contributed by atoms with Gasteiger partial charge in [-0.2, -0.15) is 0 Å². The SMILES string of the molecule is CC(=O)O.CC(=O)O.CC(=O)O.CC(=O)O.Nc1cccc(N)c1. The van der Waals surface area contributed by atoms with E-state index in [1.165, 1.54) is 0 Å². The Labute approximate surface area is 139 Å². The molecule has 0 bridgehead atoms. The van der Waals surface area contributed by atoms with Crippen LogP contribution in [0.3, 0.4) is 0 Å². The number of rotatable bonds is 0. The average molecular weight is 348 g/mol. The average Bonchev–Trinajstić information content (AvgIpc) is 2.24. The Morgan fingerprint density at radius 1 is 0.667 bits per heavy atom. The molecule has 1 rings (SSSR count). The number of aliphatic carboxylic acids is 4. The summed E-state index contributed by atoms with van der Waals surface area (Å²) in [5.41, 5.74) is 12.2. The highest BCUT2D eigenvalue weighted by atomic mass is 16.4. The number of carboxylic acids is 4. The van der Waals surface area contributed by atoms with E-state index in [1.54, 1.807) is 18.2 Å². The first kappa shape index (κ1) is 28.8. The van der Waals surface area contributed by atoms with Crippen molar-refractivity contribution in [3.8, 4) is 0 Å². The van der Waals surface area contributed by atoms with Crippen molar-refractivity contribution < 1.29 is 39.6 Å². The number of anilines is 2. The zero-order chi connectivity index (χ0) is 20.3. The maximum atomic E-state index is 9.00. The van der Waals surface area contributed by atoms with Crippen LogP contribution in [0.1, 0.15) is 27.7 Å². The minimum absolute atomic E-state index is 0.713. The summed E-state index contributed by atoms with van der Waals surface area (Å²) in [6.45, 7) is 4.33. The summed E-state index contributed by atoms with van der Waals surface area (Å²) in [6, 6.07) is 7.15. The normalized spacial score (nSPS) is 7.17. The summed E-state index contributed by atoms with van der Waals surface area (Å²) < 4.78 is 0. The molecule has 10 heteroatoms. The summed E-state index contributed by atoms with van der Waals surface area (Å²) in [5.74, 6) is -3.33. The Balaban J connectivity index is -0.000000110. The topological polar surface area (TPSA) is 201 Å². The van der Waals surface area contributed by atoms with Crippen LogP contribution >= 0.6 is 0 Å². The number of nitrogens with two attached hydrogens (primary N) is 2. The largest absolute Gasteiger partial charge is 0.481 e. The van der Waals surface area contributed by atoms with Gasteiger partial charge in [-0.3, -0.25) is 19.2 Å². The molecular formula is C14H24N2O8. The van der Waals surface area contributed by atoms with Crippen LogP contribution < -0.4 is 11.5 Å². The zero-order valence-corrected chi connectivity index (χ0v) is 13.9. The third-order valence-electron chi connectivity index (χ3n) is 0.911. The first-order chi connectivity index (χ1) is 10.7. The second-order valence-electron chi connectivity index (χ2n) is 3.75. The standard InChI is InChI=1S/C6H8N2.4C2H4O2/c7-5-2-1-3-6(8)4-5;4*1-2(3)4/h1-4H,7-8H2;4*1H3,(H,3,4). The smallest absolute Gasteiger partial charge is 0.300 e. The van der Waals surface area contributed by atoms with E-state index < -0.39 is 23.9 Å². The number of carboxylic acid groups (broad SMARTS) is 4. The lowest BCUT2D eigenvalue weighted by Crippen LogP contribution is -1.87. The van der Waals surface area contributed by atoms with E-state index in [4.69, 9.17) is 51.1 Å². The van der Waals surface area contributed by atoms with Crippen molar-refractivity contribution in [1.29, 1.82) is 0 Å². The van der Waals surface area contributed by atoms with Crippen LogP contribution in [0.15, 0.2) is 24.3 Å². The number of hydrogen-bond acceptors (Lipinski definition) is 6. The molecule has 0 atom stereocenters. The van der Waals surface area contributed by atoms with E-state index in [-0.39, 0.29) is 0 Å². The Kier molecular flexibility index (Phi) is 23.6. The fourth-order valence-electron chi connectivity index (χ4n) is 0.559. The van der Waals surface area contributed by atoms with Crippen LogP contribution in [-0.4, -0.2) is 44.3 Å². The molecule has 1 aromatic rings. The molecule has 0 heterocycles. The molecule has 1 aromatic carbocycles. The summed E-state index contributed by atoms with van der Waals surface area (Å²) in [5, 5.41) is 29.7. The molecule has 138 valence electrons. The Hall–Kier alpha value is -3.30. The lowest BCUT2D eigenvalue weighted by atomic mass is 10.3. The molecule has 0 unspecified atom stereocenters. The lowest BCUT2D eigenvalue weighted by molar-refractivity contribution is -0.135. The fraction of sp³-hybridized carbons (Fsp3) is 0.286. The van der Waals surface area contributed by atoms with Crippen molar-refractivity contribution in [3.05, 3.63) is 24.3 Å². The summed E-state index contributed by atoms with van der Waals surface area (Å²) in [4.78, 5) is 36.0. The van der Waals surface area contributed by atoms with E-state index in [2.05, 4.69) is 0 Å². The first-order valence-electron chi connectivity index (χ1n) is 6.11. The molecule has 0 radical (unpaired) electrons. The van der Waals surface area contributed by atoms with Gasteiger partial charge in [0.15, 0.2) is 0 Å². The van der Waals surface area contributed by atoms with Crippen LogP contribution in [0.4, 0.5) is 11.4 Å². The highest BCUT2D eigenvalue weighted by molar-refractivity contribution is 5.63. The highest BCUT2D eigenvalue weighted by Gasteiger charge is 1.81. The van der Waals surface area contributed by atoms with Gasteiger partial charge in [-0.25, -0.2) is 0 Å². The quantitative estimate of drug-likeness (QED) is 0.370. The molecule has 10 nitrogen and oxygen atoms in total. The van der Waals surface area contributed by atoms with Gasteiger partial charge in [0.05, 0.1) is 0 Å². The maximum Gasteiger partial charge on any atom is 0.300 e. The van der Waals surface area contributed by atoms with Gasteiger partial charge in [-0.1, -0.05) is 6.07 Å². The molecular weight excluding hydrogens is 324 g/mol. The molecule has 0 spiro atoms. The van der Waals surface area contributed by atoms with Crippen molar-refractivity contribution in [1.82, 2.24) is 0 Å². The van der Waals surface area contributed by atoms with Crippen molar-refractivity contribution in [3.63, 3.8) is 0 Å². The molecule has 0 aliphatic carbocycles. The highest BCUT2D eigenvalue weighted by Crippen LogP contribution is 2.06. The number of nitrogen functional groups attached to an aromatic ring is 2. The van der Waals surface area contributed by atoms with E-state index in [1.807, 2.05) is 6.07 Å². The lowest BCUT2D eigenvalue weighted by Gasteiger charge is -1.91. The number of carbonyl (C=O) groups is 4. The second kappa shape index (κ2) is 19.7. The summed E-state index contributed by atoms with van der Waals surface area (Å²) in [7, 11) is 0. The van der Waals surface area contributed by atoms with Crippen molar-refractivity contribution in [2.24, 2.45) is 0 Å². The van der Waals surface area contributed by atoms with E-state index in [0.717, 1.165) is 27.7 Å². The molecule has 0 aliphatic rings. The number of hydrogen-bond donors (Lipinski definition) is 6. The van der Waals surface area contributed by atoms with Gasteiger partial charge in [0.2, 0.25) is 0 Å². The monoisotopic (exact) mass is 348 g/mol. The Bertz CT molecular complexity index is 422. The Morgan fingerprint density at radius 3 is 0.917 bits per heavy atom. The predicted octanol–water partition coefficient (Wildman–Crippen LogP) is 1.21. The van der Waals surface area contributed by atoms with Gasteiger partial charge in [-0.15, -0.1) is 0 Å². The first-order valence-corrected chi connectivity index (χ1v) is 6.11. The molecule has 0 aliphatic heterocycles. The Morgan fingerprint density at radius 2 is 0.833 bits per heavy atom. The van der Waals surface area contributed by atoms with Crippen LogP contribution in [-0.2, 0) is 19.2 Å². The van der Waals surface area contributed by atoms with Gasteiger partial charge in [0, 0.05) is 39.1 Å².